The van der Waals surface area contributed by atoms with E-state index in [1.54, 1.807) is 0 Å². The average Bonchev–Trinajstić information content (AvgIpc) is 3.02. The molecule has 0 aromatic rings. The highest BCUT2D eigenvalue weighted by atomic mass is 32.2. The van der Waals surface area contributed by atoms with Crippen molar-refractivity contribution in [1.82, 2.24) is 10.2 Å². The quantitative estimate of drug-likeness (QED) is 0.785. The van der Waals surface area contributed by atoms with Crippen molar-refractivity contribution < 1.29 is 4.79 Å². The summed E-state index contributed by atoms with van der Waals surface area (Å²) in [5.41, 5.74) is 6.25. The third-order valence-electron chi connectivity index (χ3n) is 5.37. The van der Waals surface area contributed by atoms with E-state index < -0.39 is 0 Å². The third kappa shape index (κ3) is 4.14. The zero-order valence-corrected chi connectivity index (χ0v) is 14.4. The van der Waals surface area contributed by atoms with Gasteiger partial charge in [0, 0.05) is 36.7 Å². The Labute approximate surface area is 133 Å². The molecule has 0 aromatic heterocycles. The van der Waals surface area contributed by atoms with Gasteiger partial charge >= 0.3 is 0 Å². The van der Waals surface area contributed by atoms with E-state index in [1.807, 2.05) is 11.8 Å². The minimum Gasteiger partial charge on any atom is -0.353 e. The van der Waals surface area contributed by atoms with E-state index in [1.165, 1.54) is 37.2 Å². The Morgan fingerprint density at radius 2 is 1.95 bits per heavy atom. The Morgan fingerprint density at radius 3 is 2.52 bits per heavy atom. The van der Waals surface area contributed by atoms with E-state index >= 15 is 0 Å². The van der Waals surface area contributed by atoms with Crippen molar-refractivity contribution in [2.45, 2.75) is 57.5 Å². The minimum absolute atomic E-state index is 0.0296. The second-order valence-electron chi connectivity index (χ2n) is 6.66. The van der Waals surface area contributed by atoms with E-state index in [0.717, 1.165) is 26.1 Å². The van der Waals surface area contributed by atoms with Crippen LogP contribution in [0, 0.1) is 5.92 Å². The lowest BCUT2D eigenvalue weighted by molar-refractivity contribution is -0.124. The van der Waals surface area contributed by atoms with Crippen molar-refractivity contribution in [1.29, 1.82) is 0 Å². The Kier molecular flexibility index (Phi) is 6.38. The number of hydrogen-bond donors (Lipinski definition) is 2. The van der Waals surface area contributed by atoms with Crippen molar-refractivity contribution in [2.24, 2.45) is 11.7 Å². The van der Waals surface area contributed by atoms with Crippen LogP contribution >= 0.6 is 11.8 Å². The molecule has 2 rings (SSSR count). The lowest BCUT2D eigenvalue weighted by atomic mass is 9.93. The van der Waals surface area contributed by atoms with Gasteiger partial charge in [-0.3, -0.25) is 9.69 Å². The maximum atomic E-state index is 12.3. The first-order valence-electron chi connectivity index (χ1n) is 8.45. The van der Waals surface area contributed by atoms with Crippen molar-refractivity contribution in [3.63, 3.8) is 0 Å². The molecular formula is C16H31N3OS. The van der Waals surface area contributed by atoms with Crippen molar-refractivity contribution in [2.75, 3.05) is 31.1 Å². The van der Waals surface area contributed by atoms with Crippen LogP contribution in [0.1, 0.15) is 46.0 Å². The van der Waals surface area contributed by atoms with Crippen LogP contribution in [0.4, 0.5) is 0 Å². The molecule has 3 N–H and O–H groups in total. The summed E-state index contributed by atoms with van der Waals surface area (Å²) >= 11 is 2.04. The second-order valence-corrected chi connectivity index (χ2v) is 7.88. The number of nitrogens with zero attached hydrogens (tertiary/aromatic N) is 1. The molecule has 1 aliphatic heterocycles. The van der Waals surface area contributed by atoms with Crippen LogP contribution in [0.5, 0.6) is 0 Å². The maximum Gasteiger partial charge on any atom is 0.237 e. The van der Waals surface area contributed by atoms with Gasteiger partial charge in [-0.2, -0.15) is 11.8 Å². The highest BCUT2D eigenvalue weighted by molar-refractivity contribution is 7.99. The van der Waals surface area contributed by atoms with Crippen molar-refractivity contribution >= 4 is 17.7 Å². The molecule has 2 atom stereocenters. The largest absolute Gasteiger partial charge is 0.353 e. The molecular weight excluding hydrogens is 282 g/mol. The van der Waals surface area contributed by atoms with Gasteiger partial charge in [-0.1, -0.05) is 33.1 Å². The van der Waals surface area contributed by atoms with Crippen LogP contribution in [0.25, 0.3) is 0 Å². The Bertz CT molecular complexity index is 338. The van der Waals surface area contributed by atoms with E-state index in [4.69, 9.17) is 5.73 Å². The summed E-state index contributed by atoms with van der Waals surface area (Å²) in [5.74, 6) is 2.72. The highest BCUT2D eigenvalue weighted by Crippen LogP contribution is 2.36. The SMILES string of the molecule is CCC(C)C(N)C(=O)NCC1(N2CCSCC2)CCCC1. The van der Waals surface area contributed by atoms with Crippen LogP contribution in [0.3, 0.4) is 0 Å². The molecule has 0 spiro atoms. The molecule has 0 bridgehead atoms. The van der Waals surface area contributed by atoms with Gasteiger partial charge in [0.1, 0.15) is 0 Å². The number of thioether (sulfide) groups is 1. The predicted molar refractivity (Wildman–Crippen MR) is 90.5 cm³/mol. The molecule has 4 nitrogen and oxygen atoms in total. The zero-order valence-electron chi connectivity index (χ0n) is 13.6. The summed E-state index contributed by atoms with van der Waals surface area (Å²) < 4.78 is 0. The fourth-order valence-electron chi connectivity index (χ4n) is 3.56. The molecule has 1 heterocycles. The Hall–Kier alpha value is -0.260. The molecule has 1 amide bonds. The van der Waals surface area contributed by atoms with Crippen LogP contribution in [0.2, 0.25) is 0 Å². The van der Waals surface area contributed by atoms with Gasteiger partial charge in [0.15, 0.2) is 0 Å². The van der Waals surface area contributed by atoms with E-state index in [-0.39, 0.29) is 23.4 Å². The van der Waals surface area contributed by atoms with Crippen LogP contribution < -0.4 is 11.1 Å². The lowest BCUT2D eigenvalue weighted by Gasteiger charge is -2.43. The van der Waals surface area contributed by atoms with Crippen LogP contribution in [-0.4, -0.2) is 53.5 Å². The third-order valence-corrected chi connectivity index (χ3v) is 6.31. The van der Waals surface area contributed by atoms with Gasteiger partial charge in [0.05, 0.1) is 6.04 Å². The smallest absolute Gasteiger partial charge is 0.237 e. The fourth-order valence-corrected chi connectivity index (χ4v) is 4.46. The van der Waals surface area contributed by atoms with Gasteiger partial charge in [-0.05, 0) is 18.8 Å². The first-order valence-corrected chi connectivity index (χ1v) is 9.60. The molecule has 1 saturated carbocycles. The standard InChI is InChI=1S/C16H31N3OS/c1-3-13(2)14(17)15(20)18-12-16(6-4-5-7-16)19-8-10-21-11-9-19/h13-14H,3-12,17H2,1-2H3,(H,18,20). The number of carbonyl (C=O) groups excluding carboxylic acids is 1. The lowest BCUT2D eigenvalue weighted by Crippen LogP contribution is -2.58. The van der Waals surface area contributed by atoms with Crippen molar-refractivity contribution in [3.8, 4) is 0 Å². The molecule has 0 radical (unpaired) electrons. The fraction of sp³-hybridized carbons (Fsp3) is 0.938. The topological polar surface area (TPSA) is 58.4 Å². The molecule has 21 heavy (non-hydrogen) atoms. The number of nitrogens with one attached hydrogen (secondary N) is 1. The van der Waals surface area contributed by atoms with Gasteiger partial charge in [0.25, 0.3) is 0 Å². The number of nitrogens with two attached hydrogens (primary N) is 1. The Balaban J connectivity index is 1.92. The summed E-state index contributed by atoms with van der Waals surface area (Å²) in [5, 5.41) is 3.17. The summed E-state index contributed by atoms with van der Waals surface area (Å²) in [6.45, 7) is 7.25. The zero-order chi connectivity index (χ0) is 15.3. The number of hydrogen-bond acceptors (Lipinski definition) is 4. The normalized spacial score (nSPS) is 25.5. The summed E-state index contributed by atoms with van der Waals surface area (Å²) in [7, 11) is 0. The number of carbonyl (C=O) groups is 1. The second kappa shape index (κ2) is 7.84. The van der Waals surface area contributed by atoms with E-state index in [0.29, 0.717) is 0 Å². The highest BCUT2D eigenvalue weighted by Gasteiger charge is 2.40. The molecule has 1 saturated heterocycles. The Morgan fingerprint density at radius 1 is 1.33 bits per heavy atom. The minimum atomic E-state index is -0.370. The average molecular weight is 314 g/mol. The summed E-state index contributed by atoms with van der Waals surface area (Å²) in [6.07, 6.45) is 5.96. The number of rotatable bonds is 6. The van der Waals surface area contributed by atoms with Crippen LogP contribution in [0.15, 0.2) is 0 Å². The van der Waals surface area contributed by atoms with Crippen molar-refractivity contribution in [3.05, 3.63) is 0 Å². The molecule has 2 aliphatic rings. The maximum absolute atomic E-state index is 12.3. The van der Waals surface area contributed by atoms with E-state index in [2.05, 4.69) is 24.1 Å². The number of amides is 1. The molecule has 5 heteroatoms. The van der Waals surface area contributed by atoms with Gasteiger partial charge in [-0.25, -0.2) is 0 Å². The van der Waals surface area contributed by atoms with E-state index in [9.17, 15) is 4.79 Å². The summed E-state index contributed by atoms with van der Waals surface area (Å²) in [4.78, 5) is 14.9. The molecule has 1 aliphatic carbocycles. The first kappa shape index (κ1) is 17.1. The molecule has 0 aromatic carbocycles. The summed E-state index contributed by atoms with van der Waals surface area (Å²) in [6, 6.07) is -0.370. The first-order chi connectivity index (χ1) is 10.1. The molecule has 2 fully saturated rings. The van der Waals surface area contributed by atoms with Gasteiger partial charge < -0.3 is 11.1 Å². The molecule has 2 unspecified atom stereocenters. The molecule has 122 valence electrons. The monoisotopic (exact) mass is 313 g/mol. The van der Waals surface area contributed by atoms with Gasteiger partial charge in [-0.15, -0.1) is 0 Å². The van der Waals surface area contributed by atoms with Crippen LogP contribution in [-0.2, 0) is 4.79 Å². The predicted octanol–water partition coefficient (Wildman–Crippen LogP) is 1.84. The van der Waals surface area contributed by atoms with Gasteiger partial charge in [0.2, 0.25) is 5.91 Å².